The van der Waals surface area contributed by atoms with Crippen molar-refractivity contribution in [3.63, 3.8) is 0 Å². The SMILES string of the molecule is CB1[N-]B(C)N(C)B(C)N1C.[Li+]. The first-order valence-corrected chi connectivity index (χ1v) is 4.18. The van der Waals surface area contributed by atoms with E-state index in [0.29, 0.717) is 20.9 Å². The summed E-state index contributed by atoms with van der Waals surface area (Å²) < 4.78 is 4.53. The standard InChI is InChI=1S/C5H15B3N3.Li/c1-6-9-7(2)11(5)8(3)10(6)4;/h1-5H3;/q-1;+1. The van der Waals surface area contributed by atoms with E-state index in [2.05, 4.69) is 49.1 Å². The van der Waals surface area contributed by atoms with Crippen molar-refractivity contribution in [3.8, 4) is 0 Å². The van der Waals surface area contributed by atoms with Crippen LogP contribution < -0.4 is 18.9 Å². The van der Waals surface area contributed by atoms with Gasteiger partial charge in [-0.25, -0.2) is 0 Å². The molecule has 1 saturated heterocycles. The monoisotopic (exact) mass is 157 g/mol. The zero-order chi connectivity index (χ0) is 8.59. The van der Waals surface area contributed by atoms with Gasteiger partial charge in [0.2, 0.25) is 0 Å². The van der Waals surface area contributed by atoms with Crippen LogP contribution in [0, 0.1) is 0 Å². The van der Waals surface area contributed by atoms with Gasteiger partial charge in [-0.2, -0.15) is 0 Å². The van der Waals surface area contributed by atoms with Crippen molar-refractivity contribution in [1.82, 2.24) is 9.44 Å². The summed E-state index contributed by atoms with van der Waals surface area (Å²) >= 11 is 0. The van der Waals surface area contributed by atoms with Crippen molar-refractivity contribution in [1.29, 1.82) is 0 Å². The van der Waals surface area contributed by atoms with Crippen molar-refractivity contribution < 1.29 is 18.9 Å². The van der Waals surface area contributed by atoms with E-state index < -0.39 is 0 Å². The van der Waals surface area contributed by atoms with Crippen molar-refractivity contribution in [2.45, 2.75) is 20.5 Å². The number of hydrogen-bond donors (Lipinski definition) is 0. The molecule has 0 radical (unpaired) electrons. The van der Waals surface area contributed by atoms with Gasteiger partial charge >= 0.3 is 18.9 Å². The molecule has 0 aromatic carbocycles. The van der Waals surface area contributed by atoms with E-state index in [1.165, 1.54) is 0 Å². The van der Waals surface area contributed by atoms with Crippen LogP contribution in [0.25, 0.3) is 5.14 Å². The molecule has 12 heavy (non-hydrogen) atoms. The van der Waals surface area contributed by atoms with Crippen molar-refractivity contribution in [2.24, 2.45) is 0 Å². The summed E-state index contributed by atoms with van der Waals surface area (Å²) in [6, 6.07) is 0. The second-order valence-corrected chi connectivity index (χ2v) is 3.38. The van der Waals surface area contributed by atoms with Gasteiger partial charge in [-0.1, -0.05) is 20.5 Å². The van der Waals surface area contributed by atoms with E-state index in [4.69, 9.17) is 0 Å². The molecule has 60 valence electrons. The normalized spacial score (nSPS) is 21.2. The average Bonchev–Trinajstić information content (AvgIpc) is 1.97. The fourth-order valence-electron chi connectivity index (χ4n) is 1.43. The van der Waals surface area contributed by atoms with Gasteiger partial charge in [-0.05, 0) is 14.1 Å². The van der Waals surface area contributed by atoms with Crippen LogP contribution in [0.4, 0.5) is 0 Å². The zero-order valence-corrected chi connectivity index (χ0v) is 9.07. The van der Waals surface area contributed by atoms with E-state index >= 15 is 0 Å². The number of rotatable bonds is 0. The van der Waals surface area contributed by atoms with Gasteiger partial charge < -0.3 is 14.6 Å². The van der Waals surface area contributed by atoms with Crippen LogP contribution in [0.15, 0.2) is 0 Å². The molecule has 0 aromatic rings. The smallest absolute Gasteiger partial charge is 0.684 e. The molecule has 0 unspecified atom stereocenters. The van der Waals surface area contributed by atoms with Crippen molar-refractivity contribution in [3.05, 3.63) is 5.14 Å². The summed E-state index contributed by atoms with van der Waals surface area (Å²) in [6.07, 6.45) is 0. The topological polar surface area (TPSA) is 20.6 Å². The third-order valence-electron chi connectivity index (χ3n) is 2.79. The molecule has 1 aliphatic rings. The zero-order valence-electron chi connectivity index (χ0n) is 9.07. The summed E-state index contributed by atoms with van der Waals surface area (Å²) in [4.78, 5) is 0. The Labute approximate surface area is 89.2 Å². The Morgan fingerprint density at radius 2 is 1.25 bits per heavy atom. The van der Waals surface area contributed by atoms with Crippen LogP contribution in [0.1, 0.15) is 0 Å². The Balaban J connectivity index is 0.00000121. The van der Waals surface area contributed by atoms with Gasteiger partial charge in [0, 0.05) is 0 Å². The summed E-state index contributed by atoms with van der Waals surface area (Å²) in [5.41, 5.74) is 0. The van der Waals surface area contributed by atoms with Crippen LogP contribution in [-0.4, -0.2) is 44.5 Å². The van der Waals surface area contributed by atoms with Crippen LogP contribution in [0.3, 0.4) is 0 Å². The molecule has 1 aliphatic heterocycles. The minimum absolute atomic E-state index is 0. The van der Waals surface area contributed by atoms with E-state index in [-0.39, 0.29) is 18.9 Å². The van der Waals surface area contributed by atoms with E-state index in [0.717, 1.165) is 0 Å². The molecule has 0 spiro atoms. The summed E-state index contributed by atoms with van der Waals surface area (Å²) in [6.45, 7) is 7.70. The fraction of sp³-hybridized carbons (Fsp3) is 1.00. The second kappa shape index (κ2) is 4.78. The summed E-state index contributed by atoms with van der Waals surface area (Å²) in [5.74, 6) is 0. The predicted molar refractivity (Wildman–Crippen MR) is 53.7 cm³/mol. The quantitative estimate of drug-likeness (QED) is 0.365. The summed E-state index contributed by atoms with van der Waals surface area (Å²) in [5, 5.41) is 4.55. The van der Waals surface area contributed by atoms with Gasteiger partial charge in [0.05, 0.1) is 14.0 Å². The van der Waals surface area contributed by atoms with Crippen LogP contribution in [0.5, 0.6) is 0 Å². The second-order valence-electron chi connectivity index (χ2n) is 3.38. The Morgan fingerprint density at radius 1 is 0.917 bits per heavy atom. The maximum absolute atomic E-state index is 4.55. The van der Waals surface area contributed by atoms with E-state index in [9.17, 15) is 0 Å². The molecule has 3 nitrogen and oxygen atoms in total. The van der Waals surface area contributed by atoms with Gasteiger partial charge in [-0.3, -0.25) is 0 Å². The molecule has 0 aliphatic carbocycles. The van der Waals surface area contributed by atoms with Crippen molar-refractivity contribution in [2.75, 3.05) is 14.1 Å². The van der Waals surface area contributed by atoms with Crippen LogP contribution in [0.2, 0.25) is 20.5 Å². The first kappa shape index (κ1) is 12.7. The number of nitrogens with zero attached hydrogens (tertiary/aromatic N) is 3. The van der Waals surface area contributed by atoms with Gasteiger partial charge in [0.25, 0.3) is 6.98 Å². The molecular formula is C5H15B3LiN3. The molecule has 7 heteroatoms. The molecule has 1 rings (SSSR count). The first-order valence-electron chi connectivity index (χ1n) is 4.18. The van der Waals surface area contributed by atoms with Gasteiger partial charge in [-0.15, -0.1) is 0 Å². The van der Waals surface area contributed by atoms with Gasteiger partial charge in [0.1, 0.15) is 0 Å². The minimum atomic E-state index is 0. The third-order valence-corrected chi connectivity index (χ3v) is 2.79. The molecule has 0 aromatic heterocycles. The molecular weight excluding hydrogens is 141 g/mol. The van der Waals surface area contributed by atoms with Crippen LogP contribution >= 0.6 is 0 Å². The fourth-order valence-corrected chi connectivity index (χ4v) is 1.43. The molecule has 1 heterocycles. The number of hydrogen-bond acceptors (Lipinski definition) is 2. The first-order chi connectivity index (χ1) is 5.04. The Kier molecular flexibility index (Phi) is 5.05. The molecule has 0 N–H and O–H groups in total. The Hall–Kier alpha value is 0.672. The van der Waals surface area contributed by atoms with Crippen molar-refractivity contribution >= 4 is 20.9 Å². The molecule has 0 amide bonds. The maximum Gasteiger partial charge on any atom is 1.00 e. The maximum atomic E-state index is 4.55. The predicted octanol–water partition coefficient (Wildman–Crippen LogP) is -2.40. The Morgan fingerprint density at radius 3 is 1.58 bits per heavy atom. The van der Waals surface area contributed by atoms with Gasteiger partial charge in [0.15, 0.2) is 0 Å². The largest absolute Gasteiger partial charge is 1.00 e. The molecule has 0 saturated carbocycles. The molecule has 0 atom stereocenters. The van der Waals surface area contributed by atoms with E-state index in [1.54, 1.807) is 0 Å². The molecule has 1 fully saturated rings. The third kappa shape index (κ3) is 2.34. The van der Waals surface area contributed by atoms with E-state index in [1.807, 2.05) is 0 Å². The molecule has 0 bridgehead atoms. The minimum Gasteiger partial charge on any atom is -0.684 e. The Bertz CT molecular complexity index is 136. The summed E-state index contributed by atoms with van der Waals surface area (Å²) in [7, 11) is 4.22. The average molecular weight is 157 g/mol. The van der Waals surface area contributed by atoms with Crippen LogP contribution in [-0.2, 0) is 0 Å².